The van der Waals surface area contributed by atoms with E-state index in [0.29, 0.717) is 36.1 Å². The molecule has 0 spiro atoms. The van der Waals surface area contributed by atoms with Crippen LogP contribution in [0.1, 0.15) is 58.4 Å². The average Bonchev–Trinajstić information content (AvgIpc) is 3.29. The minimum atomic E-state index is -1.33. The van der Waals surface area contributed by atoms with Crippen molar-refractivity contribution in [2.24, 2.45) is 11.7 Å². The van der Waals surface area contributed by atoms with Gasteiger partial charge in [-0.05, 0) is 68.2 Å². The van der Waals surface area contributed by atoms with Crippen molar-refractivity contribution in [2.45, 2.75) is 83.0 Å². The van der Waals surface area contributed by atoms with Gasteiger partial charge in [0.05, 0.1) is 0 Å². The number of thiocarbonyl (C=S) groups is 2. The molecule has 2 rings (SSSR count). The van der Waals surface area contributed by atoms with Crippen molar-refractivity contribution >= 4 is 48.4 Å². The Morgan fingerprint density at radius 1 is 1.06 bits per heavy atom. The summed E-state index contributed by atoms with van der Waals surface area (Å²) in [6.07, 6.45) is 4.78. The largest absolute Gasteiger partial charge is 0.455 e. The van der Waals surface area contributed by atoms with E-state index in [1.54, 1.807) is 6.92 Å². The van der Waals surface area contributed by atoms with E-state index < -0.39 is 14.2 Å². The molecule has 0 amide bonds. The molecule has 0 unspecified atom stereocenters. The highest BCUT2D eigenvalue weighted by Gasteiger charge is 2.27. The Morgan fingerprint density at radius 3 is 2.18 bits per heavy atom. The number of nitrogens with two attached hydrogens (primary N) is 1. The van der Waals surface area contributed by atoms with Crippen molar-refractivity contribution < 1.29 is 20.1 Å². The molecule has 1 aliphatic rings. The summed E-state index contributed by atoms with van der Waals surface area (Å²) in [4.78, 5) is 1.64. The summed E-state index contributed by atoms with van der Waals surface area (Å²) in [5.41, 5.74) is 7.27. The fourth-order valence-corrected chi connectivity index (χ4v) is 4.59. The van der Waals surface area contributed by atoms with E-state index in [2.05, 4.69) is 19.2 Å². The molecule has 1 heterocycles. The lowest BCUT2D eigenvalue weighted by Gasteiger charge is -2.21. The maximum Gasteiger partial charge on any atom is 0.455 e. The van der Waals surface area contributed by atoms with Gasteiger partial charge < -0.3 is 31.1 Å². The third kappa shape index (κ3) is 12.5. The molecule has 1 aromatic carbocycles. The third-order valence-electron chi connectivity index (χ3n) is 5.85. The van der Waals surface area contributed by atoms with Gasteiger partial charge in [-0.15, -0.1) is 0 Å². The maximum absolute atomic E-state index is 9.44. The summed E-state index contributed by atoms with van der Waals surface area (Å²) in [6.45, 7) is 6.94. The van der Waals surface area contributed by atoms with Gasteiger partial charge in [0, 0.05) is 21.8 Å². The Labute approximate surface area is 210 Å². The van der Waals surface area contributed by atoms with Crippen LogP contribution in [0.2, 0.25) is 11.6 Å². The van der Waals surface area contributed by atoms with Crippen LogP contribution in [-0.4, -0.2) is 62.7 Å². The Hall–Kier alpha value is -0.710. The standard InChI is InChI=1S/C15H24BNO2S.C8H16BNO2S/c1-11(2)8-13(16(18)19)10-15(20)14(17)9-12-6-4-3-5-7-12;1-6(9(11)12)5-8(13)7-3-2-4-10-7/h3-7,11,13-14,18-19H,8-10,17H2,1-2H3;6-7,10-12H,2-5H2,1H3/t13-,14+;6-,7+/m11/s1. The number of benzene rings is 1. The lowest BCUT2D eigenvalue weighted by Crippen LogP contribution is -2.34. The van der Waals surface area contributed by atoms with Crippen LogP contribution in [0, 0.1) is 5.92 Å². The van der Waals surface area contributed by atoms with Gasteiger partial charge in [-0.25, -0.2) is 0 Å². The van der Waals surface area contributed by atoms with Crippen molar-refractivity contribution in [1.82, 2.24) is 5.32 Å². The van der Waals surface area contributed by atoms with Gasteiger partial charge in [0.25, 0.3) is 0 Å². The Morgan fingerprint density at radius 2 is 1.70 bits per heavy atom. The normalized spacial score (nSPS) is 18.2. The van der Waals surface area contributed by atoms with Gasteiger partial charge in [0.1, 0.15) is 0 Å². The fourth-order valence-electron chi connectivity index (χ4n) is 3.83. The highest BCUT2D eigenvalue weighted by atomic mass is 32.1. The molecule has 0 bridgehead atoms. The molecule has 7 N–H and O–H groups in total. The number of hydrogen-bond acceptors (Lipinski definition) is 8. The first-order valence-electron chi connectivity index (χ1n) is 11.8. The second-order valence-electron chi connectivity index (χ2n) is 9.48. The maximum atomic E-state index is 9.44. The number of hydrogen-bond donors (Lipinski definition) is 6. The summed E-state index contributed by atoms with van der Waals surface area (Å²) in [7, 11) is -2.58. The molecular weight excluding hydrogens is 454 g/mol. The predicted molar refractivity (Wildman–Crippen MR) is 147 cm³/mol. The highest BCUT2D eigenvalue weighted by Crippen LogP contribution is 2.24. The summed E-state index contributed by atoms with van der Waals surface area (Å²) in [5, 5.41) is 39.9. The average molecular weight is 494 g/mol. The fraction of sp³-hybridized carbons (Fsp3) is 0.652. The minimum Gasteiger partial charge on any atom is -0.427 e. The summed E-state index contributed by atoms with van der Waals surface area (Å²) in [6, 6.07) is 10.1. The minimum absolute atomic E-state index is 0.158. The zero-order chi connectivity index (χ0) is 25.0. The molecule has 33 heavy (non-hydrogen) atoms. The zero-order valence-electron chi connectivity index (χ0n) is 20.1. The molecule has 0 aliphatic carbocycles. The molecule has 0 aromatic heterocycles. The second-order valence-corrected chi connectivity index (χ2v) is 10.5. The molecule has 1 fully saturated rings. The van der Waals surface area contributed by atoms with Gasteiger partial charge in [-0.2, -0.15) is 0 Å². The van der Waals surface area contributed by atoms with Gasteiger partial charge in [0.2, 0.25) is 0 Å². The molecule has 0 saturated carbocycles. The topological polar surface area (TPSA) is 119 Å². The SMILES string of the molecule is CC(C)C[C@H](CC(=S)[C@@H](N)Cc1ccccc1)B(O)O.C[C@H](CC(=S)[C@@H]1CCCN1)B(O)O. The van der Waals surface area contributed by atoms with E-state index in [9.17, 15) is 10.0 Å². The van der Waals surface area contributed by atoms with Crippen molar-refractivity contribution in [3.63, 3.8) is 0 Å². The zero-order valence-corrected chi connectivity index (χ0v) is 21.7. The highest BCUT2D eigenvalue weighted by molar-refractivity contribution is 7.80. The lowest BCUT2D eigenvalue weighted by atomic mass is 9.66. The Bertz CT molecular complexity index is 705. The predicted octanol–water partition coefficient (Wildman–Crippen LogP) is 2.57. The van der Waals surface area contributed by atoms with Crippen LogP contribution in [0.5, 0.6) is 0 Å². The number of nitrogens with one attached hydrogen (secondary N) is 1. The Kier molecular flexibility index (Phi) is 14.7. The quantitative estimate of drug-likeness (QED) is 0.194. The summed E-state index contributed by atoms with van der Waals surface area (Å²) >= 11 is 10.6. The molecule has 6 nitrogen and oxygen atoms in total. The summed E-state index contributed by atoms with van der Waals surface area (Å²) in [5.74, 6) is 0.00849. The van der Waals surface area contributed by atoms with E-state index in [0.717, 1.165) is 29.8 Å². The molecular formula is C23H40B2N2O4S2. The molecule has 0 radical (unpaired) electrons. The van der Waals surface area contributed by atoms with Crippen molar-refractivity contribution in [1.29, 1.82) is 0 Å². The first kappa shape index (κ1) is 30.3. The molecule has 1 saturated heterocycles. The van der Waals surface area contributed by atoms with Crippen LogP contribution in [-0.2, 0) is 6.42 Å². The first-order valence-corrected chi connectivity index (χ1v) is 12.6. The van der Waals surface area contributed by atoms with Crippen LogP contribution in [0.3, 0.4) is 0 Å². The van der Waals surface area contributed by atoms with Gasteiger partial charge in [-0.3, -0.25) is 0 Å². The molecule has 10 heteroatoms. The lowest BCUT2D eigenvalue weighted by molar-refractivity contribution is 0.368. The van der Waals surface area contributed by atoms with Crippen molar-refractivity contribution in [2.75, 3.05) is 6.54 Å². The van der Waals surface area contributed by atoms with E-state index in [1.165, 1.54) is 6.42 Å². The van der Waals surface area contributed by atoms with E-state index >= 15 is 0 Å². The van der Waals surface area contributed by atoms with Gasteiger partial charge >= 0.3 is 14.2 Å². The molecule has 4 atom stereocenters. The third-order valence-corrected chi connectivity index (χ3v) is 6.77. The smallest absolute Gasteiger partial charge is 0.427 e. The number of rotatable bonds is 12. The first-order chi connectivity index (χ1) is 15.5. The van der Waals surface area contributed by atoms with Crippen molar-refractivity contribution in [3.05, 3.63) is 35.9 Å². The van der Waals surface area contributed by atoms with Gasteiger partial charge in [-0.1, -0.05) is 75.5 Å². The van der Waals surface area contributed by atoms with Crippen LogP contribution in [0.15, 0.2) is 30.3 Å². The van der Waals surface area contributed by atoms with E-state index in [4.69, 9.17) is 40.2 Å². The van der Waals surface area contributed by atoms with Crippen molar-refractivity contribution in [3.8, 4) is 0 Å². The second kappa shape index (κ2) is 16.1. The van der Waals surface area contributed by atoms with Crippen LogP contribution in [0.25, 0.3) is 0 Å². The summed E-state index contributed by atoms with van der Waals surface area (Å²) < 4.78 is 0. The van der Waals surface area contributed by atoms with Crippen LogP contribution < -0.4 is 11.1 Å². The van der Waals surface area contributed by atoms with Crippen LogP contribution >= 0.6 is 24.4 Å². The molecule has 1 aromatic rings. The molecule has 184 valence electrons. The van der Waals surface area contributed by atoms with Crippen LogP contribution in [0.4, 0.5) is 0 Å². The van der Waals surface area contributed by atoms with E-state index in [-0.39, 0.29) is 17.7 Å². The Balaban J connectivity index is 0.000000361. The van der Waals surface area contributed by atoms with Gasteiger partial charge in [0.15, 0.2) is 0 Å². The van der Waals surface area contributed by atoms with E-state index in [1.807, 2.05) is 30.3 Å². The monoisotopic (exact) mass is 494 g/mol. The molecule has 1 aliphatic heterocycles.